The molecule has 3 aromatic rings. The molecule has 3 aromatic carbocycles. The van der Waals surface area contributed by atoms with Gasteiger partial charge in [0.1, 0.15) is 5.70 Å². The van der Waals surface area contributed by atoms with Crippen molar-refractivity contribution in [1.29, 1.82) is 0 Å². The molecular formula is C22H16ClNO4S. The number of nitrogens with zero attached hydrogens (tertiary/aromatic N) is 1. The monoisotopic (exact) mass is 425 g/mol. The summed E-state index contributed by atoms with van der Waals surface area (Å²) in [5.41, 5.74) is 1.73. The van der Waals surface area contributed by atoms with E-state index in [1.807, 2.05) is 18.2 Å². The van der Waals surface area contributed by atoms with Crippen molar-refractivity contribution in [3.63, 3.8) is 0 Å². The van der Waals surface area contributed by atoms with E-state index in [1.54, 1.807) is 42.5 Å². The van der Waals surface area contributed by atoms with Crippen LogP contribution in [-0.4, -0.2) is 30.7 Å². The van der Waals surface area contributed by atoms with E-state index in [0.717, 1.165) is 15.4 Å². The summed E-state index contributed by atoms with van der Waals surface area (Å²) in [6, 6.07) is 20.0. The third-order valence-corrected chi connectivity index (χ3v) is 6.90. The lowest BCUT2D eigenvalue weighted by Gasteiger charge is -2.28. The quantitative estimate of drug-likeness (QED) is 0.614. The molecule has 1 aliphatic heterocycles. The molecule has 0 spiro atoms. The van der Waals surface area contributed by atoms with E-state index in [9.17, 15) is 18.3 Å². The fourth-order valence-corrected chi connectivity index (χ4v) is 4.83. The molecule has 0 fully saturated rings. The van der Waals surface area contributed by atoms with Crippen molar-refractivity contribution in [2.45, 2.75) is 4.90 Å². The van der Waals surface area contributed by atoms with Gasteiger partial charge in [-0.05, 0) is 41.5 Å². The number of hydrogen-bond acceptors (Lipinski definition) is 4. The fourth-order valence-electron chi connectivity index (χ4n) is 3.30. The van der Waals surface area contributed by atoms with Crippen LogP contribution < -0.4 is 0 Å². The van der Waals surface area contributed by atoms with Crippen molar-refractivity contribution in [3.05, 3.63) is 94.6 Å². The Balaban J connectivity index is 1.83. The molecule has 0 bridgehead atoms. The summed E-state index contributed by atoms with van der Waals surface area (Å²) in [5.74, 6) is -0.946. The standard InChI is InChI=1S/C22H16ClNO4S/c1-24-20(22(26)18-7-2-3-8-19(18)29(24,27)28)21(25)16-6-4-5-15(13-16)14-9-11-17(23)12-10-14/h2-13,26H,1H3. The van der Waals surface area contributed by atoms with Crippen LogP contribution in [0.2, 0.25) is 5.02 Å². The number of sulfonamides is 1. The van der Waals surface area contributed by atoms with Crippen LogP contribution in [0, 0.1) is 0 Å². The Labute approximate surface area is 173 Å². The Bertz CT molecular complexity index is 1260. The van der Waals surface area contributed by atoms with E-state index in [4.69, 9.17) is 11.6 Å². The third-order valence-electron chi connectivity index (χ3n) is 4.84. The smallest absolute Gasteiger partial charge is 0.265 e. The minimum absolute atomic E-state index is 0.0357. The van der Waals surface area contributed by atoms with Gasteiger partial charge in [0.25, 0.3) is 10.0 Å². The van der Waals surface area contributed by atoms with E-state index < -0.39 is 15.8 Å². The molecule has 0 radical (unpaired) electrons. The molecule has 4 rings (SSSR count). The number of aliphatic hydroxyl groups is 1. The van der Waals surface area contributed by atoms with Crippen LogP contribution in [0.25, 0.3) is 16.9 Å². The van der Waals surface area contributed by atoms with E-state index in [-0.39, 0.29) is 27.5 Å². The van der Waals surface area contributed by atoms with E-state index >= 15 is 0 Å². The fraction of sp³-hybridized carbons (Fsp3) is 0.0455. The summed E-state index contributed by atoms with van der Waals surface area (Å²) >= 11 is 5.93. The first-order valence-electron chi connectivity index (χ1n) is 8.73. The zero-order valence-electron chi connectivity index (χ0n) is 15.3. The lowest BCUT2D eigenvalue weighted by atomic mass is 9.99. The molecular weight excluding hydrogens is 410 g/mol. The van der Waals surface area contributed by atoms with Gasteiger partial charge < -0.3 is 5.11 Å². The molecule has 146 valence electrons. The van der Waals surface area contributed by atoms with Gasteiger partial charge in [0, 0.05) is 23.2 Å². The second kappa shape index (κ2) is 7.06. The number of ketones is 1. The van der Waals surface area contributed by atoms with Crippen molar-refractivity contribution in [2.24, 2.45) is 0 Å². The highest BCUT2D eigenvalue weighted by Gasteiger charge is 2.37. The Morgan fingerprint density at radius 2 is 1.62 bits per heavy atom. The Morgan fingerprint density at radius 1 is 0.931 bits per heavy atom. The number of benzene rings is 3. The molecule has 1 aliphatic rings. The summed E-state index contributed by atoms with van der Waals surface area (Å²) in [4.78, 5) is 13.2. The molecule has 0 amide bonds. The van der Waals surface area contributed by atoms with Crippen LogP contribution in [0.1, 0.15) is 15.9 Å². The first-order chi connectivity index (χ1) is 13.8. The number of fused-ring (bicyclic) bond motifs is 1. The Hall–Kier alpha value is -3.09. The van der Waals surface area contributed by atoms with Crippen LogP contribution in [0.5, 0.6) is 0 Å². The molecule has 0 aliphatic carbocycles. The normalized spacial score (nSPS) is 15.2. The molecule has 1 N–H and O–H groups in total. The summed E-state index contributed by atoms with van der Waals surface area (Å²) < 4.78 is 26.5. The van der Waals surface area contributed by atoms with Crippen LogP contribution >= 0.6 is 11.6 Å². The average Bonchev–Trinajstić information content (AvgIpc) is 2.73. The van der Waals surface area contributed by atoms with Crippen molar-refractivity contribution < 1.29 is 18.3 Å². The van der Waals surface area contributed by atoms with Gasteiger partial charge in [-0.15, -0.1) is 0 Å². The number of hydrogen-bond donors (Lipinski definition) is 1. The summed E-state index contributed by atoms with van der Waals surface area (Å²) in [5, 5.41) is 11.3. The molecule has 0 saturated heterocycles. The molecule has 0 aromatic heterocycles. The van der Waals surface area contributed by atoms with Gasteiger partial charge in [-0.3, -0.25) is 9.10 Å². The zero-order chi connectivity index (χ0) is 20.8. The van der Waals surface area contributed by atoms with Gasteiger partial charge in [0.05, 0.1) is 4.90 Å². The molecule has 29 heavy (non-hydrogen) atoms. The number of halogens is 1. The number of likely N-dealkylation sites (N-methyl/N-ethyl adjacent to an activating group) is 1. The molecule has 1 heterocycles. The Morgan fingerprint density at radius 3 is 2.34 bits per heavy atom. The second-order valence-electron chi connectivity index (χ2n) is 6.58. The summed E-state index contributed by atoms with van der Waals surface area (Å²) in [7, 11) is -2.68. The van der Waals surface area contributed by atoms with Crippen LogP contribution in [-0.2, 0) is 10.0 Å². The Kier molecular flexibility index (Phi) is 4.68. The minimum Gasteiger partial charge on any atom is -0.505 e. The summed E-state index contributed by atoms with van der Waals surface area (Å²) in [6.45, 7) is 0. The van der Waals surface area contributed by atoms with E-state index in [2.05, 4.69) is 0 Å². The van der Waals surface area contributed by atoms with Crippen LogP contribution in [0.15, 0.2) is 83.4 Å². The lowest BCUT2D eigenvalue weighted by molar-refractivity contribution is 0.101. The molecule has 0 atom stereocenters. The van der Waals surface area contributed by atoms with Crippen molar-refractivity contribution >= 4 is 33.2 Å². The van der Waals surface area contributed by atoms with E-state index in [1.165, 1.54) is 19.2 Å². The maximum absolute atomic E-state index is 13.2. The third kappa shape index (κ3) is 3.20. The topological polar surface area (TPSA) is 74.7 Å². The van der Waals surface area contributed by atoms with Gasteiger partial charge in [-0.1, -0.05) is 54.1 Å². The second-order valence-corrected chi connectivity index (χ2v) is 8.96. The number of carbonyl (C=O) groups excluding carboxylic acids is 1. The lowest BCUT2D eigenvalue weighted by Crippen LogP contribution is -2.35. The largest absolute Gasteiger partial charge is 0.505 e. The van der Waals surface area contributed by atoms with Crippen LogP contribution in [0.3, 0.4) is 0 Å². The number of rotatable bonds is 3. The first-order valence-corrected chi connectivity index (χ1v) is 10.5. The van der Waals surface area contributed by atoms with E-state index in [0.29, 0.717) is 5.02 Å². The summed E-state index contributed by atoms with van der Waals surface area (Å²) in [6.07, 6.45) is 0. The van der Waals surface area contributed by atoms with Gasteiger partial charge in [0.2, 0.25) is 5.78 Å². The van der Waals surface area contributed by atoms with Crippen molar-refractivity contribution in [1.82, 2.24) is 4.31 Å². The number of Topliss-reactive ketones (excluding diaryl/α,β-unsaturated/α-hetero) is 1. The number of allylic oxidation sites excluding steroid dienone is 1. The van der Waals surface area contributed by atoms with Crippen molar-refractivity contribution in [2.75, 3.05) is 7.05 Å². The highest BCUT2D eigenvalue weighted by molar-refractivity contribution is 7.89. The van der Waals surface area contributed by atoms with Crippen LogP contribution in [0.4, 0.5) is 0 Å². The van der Waals surface area contributed by atoms with Gasteiger partial charge in [0.15, 0.2) is 5.76 Å². The van der Waals surface area contributed by atoms with Gasteiger partial charge in [-0.25, -0.2) is 8.42 Å². The zero-order valence-corrected chi connectivity index (χ0v) is 16.9. The molecule has 0 unspecified atom stereocenters. The minimum atomic E-state index is -3.94. The highest BCUT2D eigenvalue weighted by atomic mass is 35.5. The van der Waals surface area contributed by atoms with Gasteiger partial charge >= 0.3 is 0 Å². The predicted molar refractivity (Wildman–Crippen MR) is 112 cm³/mol. The number of carbonyl (C=O) groups is 1. The first kappa shape index (κ1) is 19.2. The predicted octanol–water partition coefficient (Wildman–Crippen LogP) is 4.75. The highest BCUT2D eigenvalue weighted by Crippen LogP contribution is 2.36. The van der Waals surface area contributed by atoms with Gasteiger partial charge in [-0.2, -0.15) is 0 Å². The maximum Gasteiger partial charge on any atom is 0.265 e. The molecule has 5 nitrogen and oxygen atoms in total. The molecule has 0 saturated carbocycles. The number of aliphatic hydroxyl groups excluding tert-OH is 1. The maximum atomic E-state index is 13.2. The SMILES string of the molecule is CN1C(C(=O)c2cccc(-c3ccc(Cl)cc3)c2)=C(O)c2ccccc2S1(=O)=O. The molecule has 7 heteroatoms. The average molecular weight is 426 g/mol. The van der Waals surface area contributed by atoms with Crippen molar-refractivity contribution in [3.8, 4) is 11.1 Å².